The van der Waals surface area contributed by atoms with E-state index in [0.717, 1.165) is 18.8 Å². The molecule has 1 heterocycles. The zero-order valence-corrected chi connectivity index (χ0v) is 14.4. The van der Waals surface area contributed by atoms with Crippen molar-refractivity contribution in [2.24, 2.45) is 0 Å². The third-order valence-electron chi connectivity index (χ3n) is 4.00. The summed E-state index contributed by atoms with van der Waals surface area (Å²) in [6.45, 7) is 5.93. The highest BCUT2D eigenvalue weighted by atomic mass is 16.6. The zero-order valence-electron chi connectivity index (χ0n) is 14.4. The second kappa shape index (κ2) is 9.34. The lowest BCUT2D eigenvalue weighted by Gasteiger charge is -2.32. The molecule has 0 spiro atoms. The molecule has 1 saturated heterocycles. The first-order valence-corrected chi connectivity index (χ1v) is 8.32. The van der Waals surface area contributed by atoms with Crippen molar-refractivity contribution in [3.05, 3.63) is 24.3 Å². The summed E-state index contributed by atoms with van der Waals surface area (Å²) in [5.74, 6) is 1.40. The molecule has 0 radical (unpaired) electrons. The molecule has 1 fully saturated rings. The van der Waals surface area contributed by atoms with Crippen LogP contribution in [0.1, 0.15) is 6.92 Å². The average molecular weight is 339 g/mol. The Bertz CT molecular complexity index is 517. The molecule has 134 valence electrons. The van der Waals surface area contributed by atoms with E-state index in [1.807, 2.05) is 18.2 Å². The summed E-state index contributed by atoms with van der Waals surface area (Å²) in [6.07, 6.45) is -0.807. The first-order valence-electron chi connectivity index (χ1n) is 8.32. The van der Waals surface area contributed by atoms with E-state index in [4.69, 9.17) is 14.2 Å². The van der Waals surface area contributed by atoms with E-state index in [0.29, 0.717) is 32.0 Å². The second-order valence-corrected chi connectivity index (χ2v) is 5.78. The van der Waals surface area contributed by atoms with Gasteiger partial charge in [-0.25, -0.2) is 4.79 Å². The van der Waals surface area contributed by atoms with Crippen LogP contribution < -0.4 is 14.4 Å². The normalized spacial score (nSPS) is 16.5. The van der Waals surface area contributed by atoms with Crippen LogP contribution in [0, 0.1) is 0 Å². The molecule has 24 heavy (non-hydrogen) atoms. The fraction of sp³-hybridized carbons (Fsp3) is 0.588. The molecule has 2 rings (SSSR count). The van der Waals surface area contributed by atoms with Crippen LogP contribution in [0.15, 0.2) is 24.3 Å². The Balaban J connectivity index is 1.69. The van der Waals surface area contributed by atoms with Crippen molar-refractivity contribution < 1.29 is 29.0 Å². The standard InChI is InChI=1S/C17H26N2O5/c1-3-23-17(21)19-9-7-18(8-10-19)12-14(20)13-24-16-6-4-5-15(11-16)22-2/h4-6,11,14,20H,3,7-10,12-13H2,1-2H3/p+1/t14-/m0/s1. The largest absolute Gasteiger partial charge is 0.497 e. The van der Waals surface area contributed by atoms with Gasteiger partial charge in [-0.3, -0.25) is 4.90 Å². The Morgan fingerprint density at radius 3 is 2.71 bits per heavy atom. The van der Waals surface area contributed by atoms with Gasteiger partial charge < -0.3 is 24.2 Å². The molecular weight excluding hydrogens is 312 g/mol. The number of benzene rings is 1. The number of methoxy groups -OCH3 is 1. The van der Waals surface area contributed by atoms with E-state index >= 15 is 0 Å². The molecular formula is C17H27N2O5+. The monoisotopic (exact) mass is 339 g/mol. The maximum absolute atomic E-state index is 11.7. The number of aliphatic hydroxyl groups is 1. The minimum Gasteiger partial charge on any atom is -0.497 e. The maximum Gasteiger partial charge on any atom is 0.410 e. The number of nitrogens with one attached hydrogen (secondary N) is 1. The Hall–Kier alpha value is -1.99. The smallest absolute Gasteiger partial charge is 0.410 e. The number of amides is 1. The lowest BCUT2D eigenvalue weighted by atomic mass is 10.2. The van der Waals surface area contributed by atoms with Gasteiger partial charge in [-0.05, 0) is 19.1 Å². The number of hydrogen-bond acceptors (Lipinski definition) is 5. The summed E-state index contributed by atoms with van der Waals surface area (Å²) in [6, 6.07) is 7.31. The predicted molar refractivity (Wildman–Crippen MR) is 88.7 cm³/mol. The summed E-state index contributed by atoms with van der Waals surface area (Å²) in [7, 11) is 1.60. The molecule has 0 aliphatic carbocycles. The van der Waals surface area contributed by atoms with Crippen molar-refractivity contribution in [2.45, 2.75) is 13.0 Å². The summed E-state index contributed by atoms with van der Waals surface area (Å²) in [5.41, 5.74) is 0. The Morgan fingerprint density at radius 1 is 1.33 bits per heavy atom. The fourth-order valence-electron chi connectivity index (χ4n) is 2.70. The van der Waals surface area contributed by atoms with Crippen LogP contribution >= 0.6 is 0 Å². The topological polar surface area (TPSA) is 72.7 Å². The minimum absolute atomic E-state index is 0.234. The number of carbonyl (C=O) groups excluding carboxylic acids is 1. The van der Waals surface area contributed by atoms with Crippen molar-refractivity contribution in [2.75, 3.05) is 53.0 Å². The summed E-state index contributed by atoms with van der Waals surface area (Å²) in [5, 5.41) is 10.2. The van der Waals surface area contributed by atoms with Gasteiger partial charge in [-0.15, -0.1) is 0 Å². The van der Waals surface area contributed by atoms with Crippen LogP contribution in [0.25, 0.3) is 0 Å². The van der Waals surface area contributed by atoms with Crippen LogP contribution in [0.4, 0.5) is 4.79 Å². The summed E-state index contributed by atoms with van der Waals surface area (Å²) in [4.78, 5) is 14.6. The van der Waals surface area contributed by atoms with Gasteiger partial charge in [0.05, 0.1) is 39.9 Å². The van der Waals surface area contributed by atoms with Gasteiger partial charge in [0.15, 0.2) is 0 Å². The third kappa shape index (κ3) is 5.58. The van der Waals surface area contributed by atoms with E-state index in [9.17, 15) is 9.90 Å². The van der Waals surface area contributed by atoms with Crippen LogP contribution in [-0.2, 0) is 4.74 Å². The van der Waals surface area contributed by atoms with Crippen molar-refractivity contribution in [3.8, 4) is 11.5 Å². The van der Waals surface area contributed by atoms with Crippen LogP contribution in [0.2, 0.25) is 0 Å². The Morgan fingerprint density at radius 2 is 2.04 bits per heavy atom. The fourth-order valence-corrected chi connectivity index (χ4v) is 2.70. The number of ether oxygens (including phenoxy) is 3. The number of nitrogens with zero attached hydrogens (tertiary/aromatic N) is 1. The van der Waals surface area contributed by atoms with Crippen LogP contribution in [0.3, 0.4) is 0 Å². The van der Waals surface area contributed by atoms with E-state index in [1.54, 1.807) is 25.0 Å². The zero-order chi connectivity index (χ0) is 17.4. The van der Waals surface area contributed by atoms with Gasteiger partial charge in [-0.1, -0.05) is 6.07 Å². The third-order valence-corrected chi connectivity index (χ3v) is 4.00. The lowest BCUT2D eigenvalue weighted by Crippen LogP contribution is -3.16. The number of piperazine rings is 1. The highest BCUT2D eigenvalue weighted by Gasteiger charge is 2.26. The number of carbonyl (C=O) groups is 1. The van der Waals surface area contributed by atoms with E-state index in [-0.39, 0.29) is 12.7 Å². The van der Waals surface area contributed by atoms with Gasteiger partial charge in [0, 0.05) is 6.07 Å². The molecule has 7 heteroatoms. The molecule has 1 aliphatic rings. The molecule has 1 amide bonds. The van der Waals surface area contributed by atoms with Gasteiger partial charge in [0.25, 0.3) is 0 Å². The molecule has 2 N–H and O–H groups in total. The lowest BCUT2D eigenvalue weighted by molar-refractivity contribution is -0.907. The van der Waals surface area contributed by atoms with Crippen molar-refractivity contribution >= 4 is 6.09 Å². The van der Waals surface area contributed by atoms with Gasteiger partial charge in [-0.2, -0.15) is 0 Å². The molecule has 0 unspecified atom stereocenters. The molecule has 1 aromatic rings. The van der Waals surface area contributed by atoms with Crippen molar-refractivity contribution in [3.63, 3.8) is 0 Å². The number of aliphatic hydroxyl groups excluding tert-OH is 1. The van der Waals surface area contributed by atoms with E-state index in [2.05, 4.69) is 0 Å². The molecule has 1 atom stereocenters. The second-order valence-electron chi connectivity index (χ2n) is 5.78. The Kier molecular flexibility index (Phi) is 7.14. The molecule has 1 aliphatic heterocycles. The molecule has 7 nitrogen and oxygen atoms in total. The first kappa shape index (κ1) is 18.4. The van der Waals surface area contributed by atoms with Gasteiger partial charge in [0.2, 0.25) is 0 Å². The first-order chi connectivity index (χ1) is 11.6. The molecule has 0 bridgehead atoms. The number of rotatable bonds is 7. The highest BCUT2D eigenvalue weighted by molar-refractivity contribution is 5.67. The summed E-state index contributed by atoms with van der Waals surface area (Å²) < 4.78 is 15.8. The van der Waals surface area contributed by atoms with Gasteiger partial charge in [0.1, 0.15) is 30.8 Å². The van der Waals surface area contributed by atoms with E-state index in [1.165, 1.54) is 4.90 Å². The Labute approximate surface area is 142 Å². The molecule has 1 aromatic carbocycles. The summed E-state index contributed by atoms with van der Waals surface area (Å²) >= 11 is 0. The average Bonchev–Trinajstić information content (AvgIpc) is 2.61. The van der Waals surface area contributed by atoms with Crippen LogP contribution in [0.5, 0.6) is 11.5 Å². The van der Waals surface area contributed by atoms with E-state index < -0.39 is 6.10 Å². The van der Waals surface area contributed by atoms with Crippen LogP contribution in [-0.4, -0.2) is 75.3 Å². The molecule has 0 saturated carbocycles. The quantitative estimate of drug-likeness (QED) is 0.719. The molecule has 0 aromatic heterocycles. The SMILES string of the molecule is CCOC(=O)N1CC[NH+](C[C@H](O)COc2cccc(OC)c2)CC1. The van der Waals surface area contributed by atoms with Crippen molar-refractivity contribution in [1.29, 1.82) is 0 Å². The predicted octanol–water partition coefficient (Wildman–Crippen LogP) is -0.208. The maximum atomic E-state index is 11.7. The minimum atomic E-state index is -0.555. The highest BCUT2D eigenvalue weighted by Crippen LogP contribution is 2.18. The number of hydrogen-bond donors (Lipinski definition) is 2. The van der Waals surface area contributed by atoms with Crippen molar-refractivity contribution in [1.82, 2.24) is 4.90 Å². The van der Waals surface area contributed by atoms with Gasteiger partial charge >= 0.3 is 6.09 Å². The number of quaternary nitrogens is 1.